The lowest BCUT2D eigenvalue weighted by molar-refractivity contribution is -0.0272. The second kappa shape index (κ2) is 5.48. The molecule has 86 valence electrons. The molecule has 0 spiro atoms. The Bertz CT molecular complexity index is 232. The number of rotatable bonds is 5. The molecule has 0 radical (unpaired) electrons. The van der Waals surface area contributed by atoms with Crippen molar-refractivity contribution in [3.63, 3.8) is 0 Å². The number of nitrogens with zero attached hydrogens (tertiary/aromatic N) is 2. The Morgan fingerprint density at radius 1 is 1.53 bits per heavy atom. The molecular weight excluding hydrogens is 188 g/mol. The maximum Gasteiger partial charge on any atom is 0.0866 e. The fourth-order valence-corrected chi connectivity index (χ4v) is 2.15. The lowest BCUT2D eigenvalue weighted by Crippen LogP contribution is -2.34. The molecule has 1 aliphatic heterocycles. The normalized spacial score (nSPS) is 24.3. The third-order valence-electron chi connectivity index (χ3n) is 2.85. The summed E-state index contributed by atoms with van der Waals surface area (Å²) in [6.07, 6.45) is 3.67. The molecule has 3 heteroatoms. The van der Waals surface area contributed by atoms with Crippen LogP contribution in [-0.2, 0) is 4.74 Å². The number of hydrogen-bond donors (Lipinski definition) is 0. The zero-order valence-corrected chi connectivity index (χ0v) is 10.1. The molecule has 15 heavy (non-hydrogen) atoms. The smallest absolute Gasteiger partial charge is 0.0866 e. The molecule has 0 saturated carbocycles. The second-order valence-corrected chi connectivity index (χ2v) is 4.93. The van der Waals surface area contributed by atoms with E-state index in [1.165, 1.54) is 0 Å². The summed E-state index contributed by atoms with van der Waals surface area (Å²) in [5.74, 6) is 0. The van der Waals surface area contributed by atoms with Crippen molar-refractivity contribution in [3.8, 4) is 6.07 Å². The Balaban J connectivity index is 2.36. The maximum absolute atomic E-state index is 8.71. The van der Waals surface area contributed by atoms with E-state index < -0.39 is 0 Å². The third kappa shape index (κ3) is 4.19. The molecule has 0 N–H and O–H groups in total. The average Bonchev–Trinajstić information content (AvgIpc) is 2.46. The monoisotopic (exact) mass is 210 g/mol. The topological polar surface area (TPSA) is 36.3 Å². The highest BCUT2D eigenvalue weighted by atomic mass is 16.5. The van der Waals surface area contributed by atoms with Crippen LogP contribution in [0.3, 0.4) is 0 Å². The summed E-state index contributed by atoms with van der Waals surface area (Å²) in [5.41, 5.74) is 0.0369. The second-order valence-electron chi connectivity index (χ2n) is 4.93. The van der Waals surface area contributed by atoms with Gasteiger partial charge in [-0.1, -0.05) is 6.92 Å². The zero-order valence-electron chi connectivity index (χ0n) is 10.1. The Labute approximate surface area is 93.0 Å². The van der Waals surface area contributed by atoms with E-state index in [0.717, 1.165) is 32.4 Å². The van der Waals surface area contributed by atoms with Crippen LogP contribution in [0, 0.1) is 11.3 Å². The first-order chi connectivity index (χ1) is 7.07. The van der Waals surface area contributed by atoms with Gasteiger partial charge in [0.25, 0.3) is 0 Å². The van der Waals surface area contributed by atoms with E-state index in [0.29, 0.717) is 12.6 Å². The Hall–Kier alpha value is -0.590. The minimum atomic E-state index is 0.0369. The van der Waals surface area contributed by atoms with Crippen LogP contribution in [0.15, 0.2) is 0 Å². The Morgan fingerprint density at radius 2 is 2.27 bits per heavy atom. The van der Waals surface area contributed by atoms with Gasteiger partial charge < -0.3 is 4.74 Å². The summed E-state index contributed by atoms with van der Waals surface area (Å²) in [6.45, 7) is 8.85. The van der Waals surface area contributed by atoms with Crippen molar-refractivity contribution < 1.29 is 4.74 Å². The molecule has 0 aliphatic carbocycles. The van der Waals surface area contributed by atoms with E-state index in [4.69, 9.17) is 10.00 Å². The van der Waals surface area contributed by atoms with E-state index >= 15 is 0 Å². The molecule has 1 heterocycles. The molecule has 3 nitrogen and oxygen atoms in total. The first kappa shape index (κ1) is 12.5. The van der Waals surface area contributed by atoms with Gasteiger partial charge in [-0.2, -0.15) is 5.26 Å². The molecule has 0 amide bonds. The van der Waals surface area contributed by atoms with Crippen LogP contribution in [-0.4, -0.2) is 36.2 Å². The van der Waals surface area contributed by atoms with Gasteiger partial charge in [-0.05, 0) is 39.7 Å². The van der Waals surface area contributed by atoms with Gasteiger partial charge in [0.1, 0.15) is 0 Å². The Kier molecular flexibility index (Phi) is 4.56. The summed E-state index contributed by atoms with van der Waals surface area (Å²) < 4.78 is 5.92. The van der Waals surface area contributed by atoms with Crippen LogP contribution in [0.25, 0.3) is 0 Å². The largest absolute Gasteiger partial charge is 0.371 e. The summed E-state index contributed by atoms with van der Waals surface area (Å²) in [4.78, 5) is 2.19. The standard InChI is InChI=1S/C12H22N2O/c1-4-8-14(9-7-13)10-11-5-6-12(2,3)15-11/h11H,4-6,8-10H2,1-3H3. The van der Waals surface area contributed by atoms with Crippen molar-refractivity contribution in [2.75, 3.05) is 19.6 Å². The molecule has 1 atom stereocenters. The van der Waals surface area contributed by atoms with Crippen LogP contribution >= 0.6 is 0 Å². The van der Waals surface area contributed by atoms with Gasteiger partial charge in [0.05, 0.1) is 24.3 Å². The van der Waals surface area contributed by atoms with E-state index in [1.807, 2.05) is 0 Å². The van der Waals surface area contributed by atoms with Crippen molar-refractivity contribution in [2.45, 2.75) is 51.7 Å². The van der Waals surface area contributed by atoms with Gasteiger partial charge in [-0.3, -0.25) is 4.90 Å². The Morgan fingerprint density at radius 3 is 2.73 bits per heavy atom. The van der Waals surface area contributed by atoms with Crippen molar-refractivity contribution in [3.05, 3.63) is 0 Å². The van der Waals surface area contributed by atoms with E-state index in [2.05, 4.69) is 31.7 Å². The summed E-state index contributed by atoms with van der Waals surface area (Å²) >= 11 is 0. The fraction of sp³-hybridized carbons (Fsp3) is 0.917. The molecule has 1 aliphatic rings. The van der Waals surface area contributed by atoms with Gasteiger partial charge in [0.2, 0.25) is 0 Å². The minimum absolute atomic E-state index is 0.0369. The molecule has 1 rings (SSSR count). The molecule has 0 bridgehead atoms. The predicted molar refractivity (Wildman–Crippen MR) is 60.5 cm³/mol. The molecule has 0 aromatic carbocycles. The average molecular weight is 210 g/mol. The summed E-state index contributed by atoms with van der Waals surface area (Å²) in [5, 5.41) is 8.71. The highest BCUT2D eigenvalue weighted by molar-refractivity contribution is 4.85. The summed E-state index contributed by atoms with van der Waals surface area (Å²) in [6, 6.07) is 2.22. The van der Waals surface area contributed by atoms with Gasteiger partial charge in [-0.25, -0.2) is 0 Å². The van der Waals surface area contributed by atoms with Crippen LogP contribution in [0.4, 0.5) is 0 Å². The SMILES string of the molecule is CCCN(CC#N)CC1CCC(C)(C)O1. The predicted octanol–water partition coefficient (Wildman–Crippen LogP) is 2.18. The van der Waals surface area contributed by atoms with Gasteiger partial charge in [0.15, 0.2) is 0 Å². The van der Waals surface area contributed by atoms with Crippen LogP contribution < -0.4 is 0 Å². The molecule has 1 unspecified atom stereocenters. The summed E-state index contributed by atoms with van der Waals surface area (Å²) in [7, 11) is 0. The molecule has 1 fully saturated rings. The third-order valence-corrected chi connectivity index (χ3v) is 2.85. The van der Waals surface area contributed by atoms with Crippen LogP contribution in [0.5, 0.6) is 0 Å². The van der Waals surface area contributed by atoms with Gasteiger partial charge in [0, 0.05) is 6.54 Å². The van der Waals surface area contributed by atoms with E-state index in [9.17, 15) is 0 Å². The quantitative estimate of drug-likeness (QED) is 0.653. The molecular formula is C12H22N2O. The first-order valence-corrected chi connectivity index (χ1v) is 5.84. The lowest BCUT2D eigenvalue weighted by atomic mass is 10.1. The van der Waals surface area contributed by atoms with Gasteiger partial charge in [-0.15, -0.1) is 0 Å². The number of nitriles is 1. The molecule has 0 aromatic heterocycles. The molecule has 0 aromatic rings. The van der Waals surface area contributed by atoms with Crippen LogP contribution in [0.1, 0.15) is 40.0 Å². The van der Waals surface area contributed by atoms with Crippen molar-refractivity contribution in [1.29, 1.82) is 5.26 Å². The van der Waals surface area contributed by atoms with E-state index in [1.54, 1.807) is 0 Å². The number of ether oxygens (including phenoxy) is 1. The van der Waals surface area contributed by atoms with E-state index in [-0.39, 0.29) is 5.60 Å². The fourth-order valence-electron chi connectivity index (χ4n) is 2.15. The lowest BCUT2D eigenvalue weighted by Gasteiger charge is -2.24. The highest BCUT2D eigenvalue weighted by Crippen LogP contribution is 2.29. The van der Waals surface area contributed by atoms with Crippen molar-refractivity contribution in [1.82, 2.24) is 4.90 Å². The van der Waals surface area contributed by atoms with Crippen molar-refractivity contribution >= 4 is 0 Å². The maximum atomic E-state index is 8.71. The molecule has 1 saturated heterocycles. The van der Waals surface area contributed by atoms with Gasteiger partial charge >= 0.3 is 0 Å². The zero-order chi connectivity index (χ0) is 11.3. The number of hydrogen-bond acceptors (Lipinski definition) is 3. The van der Waals surface area contributed by atoms with Crippen molar-refractivity contribution in [2.24, 2.45) is 0 Å². The first-order valence-electron chi connectivity index (χ1n) is 5.84. The van der Waals surface area contributed by atoms with Crippen LogP contribution in [0.2, 0.25) is 0 Å². The highest BCUT2D eigenvalue weighted by Gasteiger charge is 2.32. The minimum Gasteiger partial charge on any atom is -0.371 e.